The molecule has 0 aliphatic heterocycles. The lowest BCUT2D eigenvalue weighted by Crippen LogP contribution is -2.11. The monoisotopic (exact) mass is 283 g/mol. The standard InChI is InChI=1S/C13H18BrNO/c1-2-16-9-7-11-10(12(14)8-9)5-3-4-6-13(11)15/h7-8,13H,2-6,15H2,1H3/t13-/m0/s1. The predicted molar refractivity (Wildman–Crippen MR) is 69.8 cm³/mol. The van der Waals surface area contributed by atoms with Crippen molar-refractivity contribution in [2.45, 2.75) is 38.6 Å². The molecule has 2 rings (SSSR count). The Hall–Kier alpha value is -0.540. The average Bonchev–Trinajstić information content (AvgIpc) is 2.43. The molecule has 0 heterocycles. The summed E-state index contributed by atoms with van der Waals surface area (Å²) >= 11 is 3.63. The first-order chi connectivity index (χ1) is 7.72. The molecule has 0 aromatic heterocycles. The van der Waals surface area contributed by atoms with E-state index < -0.39 is 0 Å². The molecule has 0 spiro atoms. The zero-order valence-corrected chi connectivity index (χ0v) is 11.2. The highest BCUT2D eigenvalue weighted by Crippen LogP contribution is 2.35. The second-order valence-electron chi connectivity index (χ2n) is 4.26. The molecule has 1 aliphatic carbocycles. The number of nitrogens with two attached hydrogens (primary N) is 1. The van der Waals surface area contributed by atoms with Crippen molar-refractivity contribution in [2.24, 2.45) is 5.73 Å². The number of benzene rings is 1. The number of hydrogen-bond acceptors (Lipinski definition) is 2. The van der Waals surface area contributed by atoms with E-state index in [1.165, 1.54) is 24.0 Å². The summed E-state index contributed by atoms with van der Waals surface area (Å²) in [4.78, 5) is 0. The zero-order valence-electron chi connectivity index (χ0n) is 9.63. The van der Waals surface area contributed by atoms with Crippen molar-refractivity contribution in [3.8, 4) is 5.75 Å². The summed E-state index contributed by atoms with van der Waals surface area (Å²) in [6.45, 7) is 2.69. The largest absolute Gasteiger partial charge is 0.494 e. The van der Waals surface area contributed by atoms with Gasteiger partial charge in [-0.25, -0.2) is 0 Å². The topological polar surface area (TPSA) is 35.2 Å². The van der Waals surface area contributed by atoms with Crippen molar-refractivity contribution in [3.63, 3.8) is 0 Å². The fourth-order valence-corrected chi connectivity index (χ4v) is 2.95. The third kappa shape index (κ3) is 2.41. The molecule has 0 radical (unpaired) electrons. The van der Waals surface area contributed by atoms with Crippen molar-refractivity contribution in [1.82, 2.24) is 0 Å². The third-order valence-electron chi connectivity index (χ3n) is 3.11. The van der Waals surface area contributed by atoms with E-state index in [1.807, 2.05) is 6.92 Å². The van der Waals surface area contributed by atoms with E-state index in [1.54, 1.807) is 0 Å². The number of hydrogen-bond donors (Lipinski definition) is 1. The lowest BCUT2D eigenvalue weighted by molar-refractivity contribution is 0.339. The molecule has 2 nitrogen and oxygen atoms in total. The van der Waals surface area contributed by atoms with Crippen LogP contribution in [0.4, 0.5) is 0 Å². The normalized spacial score (nSPS) is 20.1. The molecule has 0 saturated heterocycles. The second-order valence-corrected chi connectivity index (χ2v) is 5.11. The van der Waals surface area contributed by atoms with Crippen molar-refractivity contribution in [3.05, 3.63) is 27.7 Å². The third-order valence-corrected chi connectivity index (χ3v) is 3.81. The van der Waals surface area contributed by atoms with Gasteiger partial charge >= 0.3 is 0 Å². The molecule has 0 saturated carbocycles. The minimum Gasteiger partial charge on any atom is -0.494 e. The maximum atomic E-state index is 6.20. The van der Waals surface area contributed by atoms with Gasteiger partial charge < -0.3 is 10.5 Å². The lowest BCUT2D eigenvalue weighted by Gasteiger charge is -2.16. The Morgan fingerprint density at radius 3 is 3.00 bits per heavy atom. The molecule has 16 heavy (non-hydrogen) atoms. The van der Waals surface area contributed by atoms with Crippen LogP contribution in [-0.2, 0) is 6.42 Å². The van der Waals surface area contributed by atoms with Crippen LogP contribution in [0.25, 0.3) is 0 Å². The van der Waals surface area contributed by atoms with Gasteiger partial charge in [-0.05, 0) is 49.4 Å². The van der Waals surface area contributed by atoms with Gasteiger partial charge in [0.25, 0.3) is 0 Å². The van der Waals surface area contributed by atoms with E-state index in [-0.39, 0.29) is 6.04 Å². The fourth-order valence-electron chi connectivity index (χ4n) is 2.30. The first-order valence-corrected chi connectivity index (χ1v) is 6.72. The van der Waals surface area contributed by atoms with E-state index in [9.17, 15) is 0 Å². The summed E-state index contributed by atoms with van der Waals surface area (Å²) in [5.74, 6) is 0.922. The zero-order chi connectivity index (χ0) is 11.5. The Morgan fingerprint density at radius 1 is 1.44 bits per heavy atom. The molecule has 1 aliphatic rings. The Bertz CT molecular complexity index is 378. The quantitative estimate of drug-likeness (QED) is 0.842. The number of rotatable bonds is 2. The molecular formula is C13H18BrNO. The predicted octanol–water partition coefficient (Wildman–Crippen LogP) is 3.57. The van der Waals surface area contributed by atoms with Crippen LogP contribution < -0.4 is 10.5 Å². The molecule has 0 fully saturated rings. The van der Waals surface area contributed by atoms with Crippen LogP contribution in [0.5, 0.6) is 5.75 Å². The van der Waals surface area contributed by atoms with Crippen LogP contribution in [0.1, 0.15) is 43.4 Å². The van der Waals surface area contributed by atoms with Gasteiger partial charge in [0.2, 0.25) is 0 Å². The highest BCUT2D eigenvalue weighted by Gasteiger charge is 2.18. The minimum atomic E-state index is 0.161. The molecule has 0 amide bonds. The lowest BCUT2D eigenvalue weighted by atomic mass is 9.99. The summed E-state index contributed by atoms with van der Waals surface area (Å²) in [5, 5.41) is 0. The van der Waals surface area contributed by atoms with Crippen LogP contribution in [0.2, 0.25) is 0 Å². The van der Waals surface area contributed by atoms with Gasteiger partial charge in [-0.3, -0.25) is 0 Å². The summed E-state index contributed by atoms with van der Waals surface area (Å²) in [5.41, 5.74) is 8.83. The molecule has 0 bridgehead atoms. The fraction of sp³-hybridized carbons (Fsp3) is 0.538. The summed E-state index contributed by atoms with van der Waals surface area (Å²) in [6, 6.07) is 4.33. The van der Waals surface area contributed by atoms with Gasteiger partial charge in [0.1, 0.15) is 5.75 Å². The van der Waals surface area contributed by atoms with Crippen LogP contribution in [-0.4, -0.2) is 6.61 Å². The second kappa shape index (κ2) is 5.19. The number of fused-ring (bicyclic) bond motifs is 1. The van der Waals surface area contributed by atoms with Gasteiger partial charge in [0, 0.05) is 10.5 Å². The van der Waals surface area contributed by atoms with Crippen LogP contribution in [0.15, 0.2) is 16.6 Å². The van der Waals surface area contributed by atoms with Gasteiger partial charge in [0.05, 0.1) is 6.61 Å². The number of ether oxygens (including phenoxy) is 1. The Kier molecular flexibility index (Phi) is 3.87. The van der Waals surface area contributed by atoms with E-state index in [2.05, 4.69) is 28.1 Å². The molecule has 3 heteroatoms. The van der Waals surface area contributed by atoms with Crippen molar-refractivity contribution < 1.29 is 4.74 Å². The SMILES string of the molecule is CCOc1cc(Br)c2c(c1)[C@@H](N)CCCC2. The Morgan fingerprint density at radius 2 is 2.25 bits per heavy atom. The van der Waals surface area contributed by atoms with E-state index in [0.29, 0.717) is 6.61 Å². The Labute approximate surface area is 105 Å². The van der Waals surface area contributed by atoms with Gasteiger partial charge in [-0.15, -0.1) is 0 Å². The molecule has 2 N–H and O–H groups in total. The average molecular weight is 284 g/mol. The molecule has 1 aromatic rings. The molecule has 1 aromatic carbocycles. The van der Waals surface area contributed by atoms with E-state index >= 15 is 0 Å². The first-order valence-electron chi connectivity index (χ1n) is 5.93. The van der Waals surface area contributed by atoms with Crippen LogP contribution in [0, 0.1) is 0 Å². The maximum Gasteiger partial charge on any atom is 0.120 e. The van der Waals surface area contributed by atoms with Gasteiger partial charge in [-0.1, -0.05) is 22.4 Å². The molecule has 0 unspecified atom stereocenters. The smallest absolute Gasteiger partial charge is 0.120 e. The minimum absolute atomic E-state index is 0.161. The van der Waals surface area contributed by atoms with Crippen molar-refractivity contribution >= 4 is 15.9 Å². The van der Waals surface area contributed by atoms with E-state index in [0.717, 1.165) is 23.1 Å². The molecule has 88 valence electrons. The summed E-state index contributed by atoms with van der Waals surface area (Å²) in [7, 11) is 0. The van der Waals surface area contributed by atoms with Gasteiger partial charge in [-0.2, -0.15) is 0 Å². The summed E-state index contributed by atoms with van der Waals surface area (Å²) < 4.78 is 6.70. The van der Waals surface area contributed by atoms with E-state index in [4.69, 9.17) is 10.5 Å². The maximum absolute atomic E-state index is 6.20. The van der Waals surface area contributed by atoms with Crippen LogP contribution >= 0.6 is 15.9 Å². The van der Waals surface area contributed by atoms with Crippen molar-refractivity contribution in [2.75, 3.05) is 6.61 Å². The Balaban J connectivity index is 2.42. The first kappa shape index (κ1) is 11.9. The number of halogens is 1. The van der Waals surface area contributed by atoms with Crippen LogP contribution in [0.3, 0.4) is 0 Å². The van der Waals surface area contributed by atoms with Crippen molar-refractivity contribution in [1.29, 1.82) is 0 Å². The molecule has 1 atom stereocenters. The molecular weight excluding hydrogens is 266 g/mol. The highest BCUT2D eigenvalue weighted by atomic mass is 79.9. The summed E-state index contributed by atoms with van der Waals surface area (Å²) in [6.07, 6.45) is 4.64. The van der Waals surface area contributed by atoms with Gasteiger partial charge in [0.15, 0.2) is 0 Å². The highest BCUT2D eigenvalue weighted by molar-refractivity contribution is 9.10.